The van der Waals surface area contributed by atoms with Crippen LogP contribution < -0.4 is 4.74 Å². The van der Waals surface area contributed by atoms with Crippen LogP contribution in [0.1, 0.15) is 31.9 Å². The van der Waals surface area contributed by atoms with Crippen LogP contribution >= 0.6 is 0 Å². The van der Waals surface area contributed by atoms with E-state index in [1.54, 1.807) is 18.2 Å². The third kappa shape index (κ3) is 3.34. The molecule has 0 fully saturated rings. The molecule has 0 saturated carbocycles. The van der Waals surface area contributed by atoms with Crippen molar-refractivity contribution in [3.8, 4) is 5.75 Å². The van der Waals surface area contributed by atoms with Crippen molar-refractivity contribution in [2.24, 2.45) is 0 Å². The molecular formula is C17H19FO. The van der Waals surface area contributed by atoms with Gasteiger partial charge in [0.2, 0.25) is 0 Å². The van der Waals surface area contributed by atoms with E-state index in [9.17, 15) is 4.39 Å². The molecule has 0 heterocycles. The molecule has 0 aromatic heterocycles. The van der Waals surface area contributed by atoms with Gasteiger partial charge in [0, 0.05) is 0 Å². The standard InChI is InChI=1S/C17H19FO/c1-17(2,3)14-9-5-4-8-13(14)12-19-16-11-7-6-10-15(16)18/h4-11H,12H2,1-3H3. The smallest absolute Gasteiger partial charge is 0.165 e. The summed E-state index contributed by atoms with van der Waals surface area (Å²) in [5.74, 6) is -0.0260. The highest BCUT2D eigenvalue weighted by atomic mass is 19.1. The van der Waals surface area contributed by atoms with Gasteiger partial charge in [0.05, 0.1) is 0 Å². The second-order valence-electron chi connectivity index (χ2n) is 5.63. The average Bonchev–Trinajstić information content (AvgIpc) is 2.37. The average molecular weight is 258 g/mol. The second-order valence-corrected chi connectivity index (χ2v) is 5.63. The van der Waals surface area contributed by atoms with Gasteiger partial charge in [-0.1, -0.05) is 57.2 Å². The molecule has 2 aromatic carbocycles. The van der Waals surface area contributed by atoms with Crippen molar-refractivity contribution < 1.29 is 9.13 Å². The highest BCUT2D eigenvalue weighted by Gasteiger charge is 2.17. The summed E-state index contributed by atoms with van der Waals surface area (Å²) < 4.78 is 19.1. The zero-order valence-electron chi connectivity index (χ0n) is 11.6. The molecule has 0 aliphatic carbocycles. The molecule has 2 rings (SSSR count). The molecular weight excluding hydrogens is 239 g/mol. The van der Waals surface area contributed by atoms with E-state index in [2.05, 4.69) is 26.8 Å². The molecule has 0 bridgehead atoms. The molecule has 0 atom stereocenters. The molecule has 0 aliphatic heterocycles. The van der Waals surface area contributed by atoms with Crippen molar-refractivity contribution in [1.29, 1.82) is 0 Å². The fourth-order valence-electron chi connectivity index (χ4n) is 2.10. The van der Waals surface area contributed by atoms with Crippen LogP contribution in [0.15, 0.2) is 48.5 Å². The van der Waals surface area contributed by atoms with Gasteiger partial charge in [0.1, 0.15) is 6.61 Å². The lowest BCUT2D eigenvalue weighted by molar-refractivity contribution is 0.287. The van der Waals surface area contributed by atoms with Crippen molar-refractivity contribution in [3.05, 3.63) is 65.5 Å². The fourth-order valence-corrected chi connectivity index (χ4v) is 2.10. The molecule has 19 heavy (non-hydrogen) atoms. The first kappa shape index (κ1) is 13.6. The molecule has 0 spiro atoms. The minimum absolute atomic E-state index is 0.0508. The van der Waals surface area contributed by atoms with Crippen molar-refractivity contribution in [1.82, 2.24) is 0 Å². The first-order chi connectivity index (χ1) is 8.98. The number of rotatable bonds is 3. The predicted molar refractivity (Wildman–Crippen MR) is 75.9 cm³/mol. The van der Waals surface area contributed by atoms with Gasteiger partial charge >= 0.3 is 0 Å². The van der Waals surface area contributed by atoms with Crippen LogP contribution in [-0.2, 0) is 12.0 Å². The topological polar surface area (TPSA) is 9.23 Å². The molecule has 0 saturated heterocycles. The Bertz CT molecular complexity index is 555. The van der Waals surface area contributed by atoms with Gasteiger partial charge in [-0.3, -0.25) is 0 Å². The van der Waals surface area contributed by atoms with Crippen molar-refractivity contribution in [2.45, 2.75) is 32.8 Å². The highest BCUT2D eigenvalue weighted by molar-refractivity contribution is 5.33. The number of para-hydroxylation sites is 1. The molecule has 0 N–H and O–H groups in total. The van der Waals surface area contributed by atoms with Gasteiger partial charge in [-0.2, -0.15) is 0 Å². The molecule has 0 radical (unpaired) electrons. The quantitative estimate of drug-likeness (QED) is 0.775. The number of halogens is 1. The summed E-state index contributed by atoms with van der Waals surface area (Å²) in [6, 6.07) is 14.6. The lowest BCUT2D eigenvalue weighted by Crippen LogP contribution is -2.15. The van der Waals surface area contributed by atoms with Gasteiger partial charge in [0.15, 0.2) is 11.6 Å². The van der Waals surface area contributed by atoms with Crippen LogP contribution in [-0.4, -0.2) is 0 Å². The Morgan fingerprint density at radius 3 is 2.26 bits per heavy atom. The molecule has 2 heteroatoms. The van der Waals surface area contributed by atoms with Crippen LogP contribution in [0.25, 0.3) is 0 Å². The summed E-state index contributed by atoms with van der Waals surface area (Å²) >= 11 is 0. The minimum atomic E-state index is -0.323. The Morgan fingerprint density at radius 1 is 0.947 bits per heavy atom. The molecule has 0 amide bonds. The SMILES string of the molecule is CC(C)(C)c1ccccc1COc1ccccc1F. The largest absolute Gasteiger partial charge is 0.486 e. The Kier molecular flexibility index (Phi) is 3.89. The zero-order valence-corrected chi connectivity index (χ0v) is 11.6. The monoisotopic (exact) mass is 258 g/mol. The van der Waals surface area contributed by atoms with Crippen molar-refractivity contribution >= 4 is 0 Å². The summed E-state index contributed by atoms with van der Waals surface area (Å²) in [6.45, 7) is 6.87. The molecule has 0 unspecified atom stereocenters. The maximum Gasteiger partial charge on any atom is 0.165 e. The Hall–Kier alpha value is -1.83. The predicted octanol–water partition coefficient (Wildman–Crippen LogP) is 4.70. The number of ether oxygens (including phenoxy) is 1. The van der Waals surface area contributed by atoms with Crippen LogP contribution in [0.4, 0.5) is 4.39 Å². The molecule has 100 valence electrons. The van der Waals surface area contributed by atoms with Crippen molar-refractivity contribution in [2.75, 3.05) is 0 Å². The van der Waals surface area contributed by atoms with Gasteiger partial charge in [0.25, 0.3) is 0 Å². The Labute approximate surface area is 114 Å². The maximum atomic E-state index is 13.5. The molecule has 2 aromatic rings. The molecule has 1 nitrogen and oxygen atoms in total. The lowest BCUT2D eigenvalue weighted by Gasteiger charge is -2.23. The van der Waals surface area contributed by atoms with Gasteiger partial charge in [-0.15, -0.1) is 0 Å². The summed E-state index contributed by atoms with van der Waals surface area (Å²) in [6.07, 6.45) is 0. The highest BCUT2D eigenvalue weighted by Crippen LogP contribution is 2.27. The van der Waals surface area contributed by atoms with E-state index in [-0.39, 0.29) is 11.2 Å². The van der Waals surface area contributed by atoms with E-state index in [1.807, 2.05) is 18.2 Å². The number of hydrogen-bond donors (Lipinski definition) is 0. The first-order valence-electron chi connectivity index (χ1n) is 6.44. The van der Waals surface area contributed by atoms with E-state index < -0.39 is 0 Å². The lowest BCUT2D eigenvalue weighted by atomic mass is 9.84. The third-order valence-electron chi connectivity index (χ3n) is 3.05. The van der Waals surface area contributed by atoms with Crippen molar-refractivity contribution in [3.63, 3.8) is 0 Å². The Balaban J connectivity index is 2.19. The zero-order chi connectivity index (χ0) is 13.9. The maximum absolute atomic E-state index is 13.5. The van der Waals surface area contributed by atoms with E-state index in [0.29, 0.717) is 12.4 Å². The van der Waals surface area contributed by atoms with E-state index in [1.165, 1.54) is 11.6 Å². The number of benzene rings is 2. The van der Waals surface area contributed by atoms with E-state index >= 15 is 0 Å². The van der Waals surface area contributed by atoms with Gasteiger partial charge < -0.3 is 4.74 Å². The van der Waals surface area contributed by atoms with E-state index in [4.69, 9.17) is 4.74 Å². The van der Waals surface area contributed by atoms with Gasteiger partial charge in [-0.05, 0) is 28.7 Å². The normalized spacial score (nSPS) is 11.4. The summed E-state index contributed by atoms with van der Waals surface area (Å²) in [7, 11) is 0. The molecule has 0 aliphatic rings. The summed E-state index contributed by atoms with van der Waals surface area (Å²) in [4.78, 5) is 0. The third-order valence-corrected chi connectivity index (χ3v) is 3.05. The minimum Gasteiger partial charge on any atom is -0.486 e. The second kappa shape index (κ2) is 5.43. The summed E-state index contributed by atoms with van der Waals surface area (Å²) in [5, 5.41) is 0. The fraction of sp³-hybridized carbons (Fsp3) is 0.294. The Morgan fingerprint density at radius 2 is 1.58 bits per heavy atom. The summed E-state index contributed by atoms with van der Waals surface area (Å²) in [5.41, 5.74) is 2.37. The van der Waals surface area contributed by atoms with Crippen LogP contribution in [0, 0.1) is 5.82 Å². The number of hydrogen-bond acceptors (Lipinski definition) is 1. The van der Waals surface area contributed by atoms with Crippen LogP contribution in [0.2, 0.25) is 0 Å². The first-order valence-corrected chi connectivity index (χ1v) is 6.44. The van der Waals surface area contributed by atoms with Crippen LogP contribution in [0.3, 0.4) is 0 Å². The van der Waals surface area contributed by atoms with Gasteiger partial charge in [-0.25, -0.2) is 4.39 Å². The van der Waals surface area contributed by atoms with Crippen LogP contribution in [0.5, 0.6) is 5.75 Å². The van der Waals surface area contributed by atoms with E-state index in [0.717, 1.165) is 5.56 Å².